The van der Waals surface area contributed by atoms with Crippen molar-refractivity contribution in [3.63, 3.8) is 0 Å². The fourth-order valence-electron chi connectivity index (χ4n) is 5.67. The van der Waals surface area contributed by atoms with E-state index in [-0.39, 0.29) is 11.9 Å². The molecule has 0 N–H and O–H groups in total. The molecule has 0 radical (unpaired) electrons. The van der Waals surface area contributed by atoms with Crippen molar-refractivity contribution in [2.45, 2.75) is 38.4 Å². The number of hydrogen-bond donors (Lipinski definition) is 0. The predicted molar refractivity (Wildman–Crippen MR) is 140 cm³/mol. The van der Waals surface area contributed by atoms with Gasteiger partial charge < -0.3 is 9.80 Å². The molecule has 4 heterocycles. The van der Waals surface area contributed by atoms with Crippen LogP contribution >= 0.6 is 0 Å². The second-order valence-electron chi connectivity index (χ2n) is 10.1. The molecular formula is C29H33FN6. The molecule has 3 aromatic heterocycles. The first kappa shape index (κ1) is 23.1. The van der Waals surface area contributed by atoms with E-state index in [2.05, 4.69) is 56.6 Å². The summed E-state index contributed by atoms with van der Waals surface area (Å²) >= 11 is 0. The van der Waals surface area contributed by atoms with Crippen LogP contribution < -0.4 is 4.90 Å². The Bertz CT molecular complexity index is 1330. The number of fused-ring (bicyclic) bond motifs is 2. The molecule has 1 aromatic carbocycles. The van der Waals surface area contributed by atoms with Crippen LogP contribution in [0.25, 0.3) is 5.65 Å². The van der Waals surface area contributed by atoms with Crippen LogP contribution in [0.2, 0.25) is 0 Å². The normalized spacial score (nSPS) is 18.6. The Labute approximate surface area is 212 Å². The molecule has 0 spiro atoms. The summed E-state index contributed by atoms with van der Waals surface area (Å²) in [4.78, 5) is 17.1. The molecule has 1 atom stereocenters. The van der Waals surface area contributed by atoms with Crippen molar-refractivity contribution in [3.05, 3.63) is 95.3 Å². The number of benzene rings is 1. The van der Waals surface area contributed by atoms with Gasteiger partial charge in [-0.2, -0.15) is 0 Å². The first-order valence-electron chi connectivity index (χ1n) is 13.0. The van der Waals surface area contributed by atoms with Crippen LogP contribution in [0.5, 0.6) is 0 Å². The Morgan fingerprint density at radius 2 is 1.81 bits per heavy atom. The molecule has 0 amide bonds. The third-order valence-corrected chi connectivity index (χ3v) is 7.62. The number of aryl methyl sites for hydroxylation is 1. The van der Waals surface area contributed by atoms with E-state index < -0.39 is 0 Å². The third-order valence-electron chi connectivity index (χ3n) is 7.62. The molecule has 1 aliphatic carbocycles. The molecule has 0 saturated carbocycles. The van der Waals surface area contributed by atoms with E-state index in [1.165, 1.54) is 17.1 Å². The second kappa shape index (κ2) is 9.99. The minimum atomic E-state index is -0.202. The van der Waals surface area contributed by atoms with Crippen LogP contribution in [0, 0.1) is 5.82 Å². The van der Waals surface area contributed by atoms with Gasteiger partial charge in [-0.15, -0.1) is 0 Å². The number of rotatable bonds is 6. The molecule has 7 heteroatoms. The lowest BCUT2D eigenvalue weighted by atomic mass is 9.90. The maximum atomic E-state index is 13.6. The molecule has 6 nitrogen and oxygen atoms in total. The summed E-state index contributed by atoms with van der Waals surface area (Å²) in [5, 5.41) is 0. The number of nitrogens with zero attached hydrogens (tertiary/aromatic N) is 6. The number of aromatic nitrogens is 3. The van der Waals surface area contributed by atoms with Gasteiger partial charge in [0.1, 0.15) is 17.3 Å². The molecule has 1 aliphatic heterocycles. The van der Waals surface area contributed by atoms with Crippen LogP contribution in [0.1, 0.15) is 41.4 Å². The number of hydrogen-bond acceptors (Lipinski definition) is 5. The van der Waals surface area contributed by atoms with Crippen LogP contribution in [-0.4, -0.2) is 57.4 Å². The van der Waals surface area contributed by atoms with Gasteiger partial charge >= 0.3 is 0 Å². The minimum absolute atomic E-state index is 0.202. The summed E-state index contributed by atoms with van der Waals surface area (Å²) < 4.78 is 15.9. The van der Waals surface area contributed by atoms with Crippen LogP contribution in [0.3, 0.4) is 0 Å². The summed E-state index contributed by atoms with van der Waals surface area (Å²) in [6.07, 6.45) is 7.38. The van der Waals surface area contributed by atoms with Gasteiger partial charge in [0.15, 0.2) is 0 Å². The Balaban J connectivity index is 1.33. The van der Waals surface area contributed by atoms with E-state index in [1.807, 2.05) is 24.4 Å². The number of anilines is 1. The lowest BCUT2D eigenvalue weighted by Crippen LogP contribution is -2.45. The van der Waals surface area contributed by atoms with Gasteiger partial charge in [-0.1, -0.05) is 24.3 Å². The minimum Gasteiger partial charge on any atom is -0.355 e. The van der Waals surface area contributed by atoms with E-state index in [4.69, 9.17) is 9.97 Å². The second-order valence-corrected chi connectivity index (χ2v) is 10.1. The number of halogens is 1. The van der Waals surface area contributed by atoms with E-state index in [0.29, 0.717) is 6.54 Å². The zero-order chi connectivity index (χ0) is 24.5. The Morgan fingerprint density at radius 3 is 2.64 bits per heavy atom. The van der Waals surface area contributed by atoms with Gasteiger partial charge in [0.2, 0.25) is 0 Å². The van der Waals surface area contributed by atoms with E-state index in [9.17, 15) is 4.39 Å². The Hall–Kier alpha value is -3.29. The zero-order valence-corrected chi connectivity index (χ0v) is 20.9. The van der Waals surface area contributed by atoms with Crippen molar-refractivity contribution >= 4 is 11.5 Å². The summed E-state index contributed by atoms with van der Waals surface area (Å²) in [7, 11) is 2.18. The van der Waals surface area contributed by atoms with Crippen molar-refractivity contribution in [2.24, 2.45) is 0 Å². The highest BCUT2D eigenvalue weighted by Crippen LogP contribution is 2.35. The summed E-state index contributed by atoms with van der Waals surface area (Å²) in [5.74, 6) is 1.00. The number of imidazole rings is 1. The van der Waals surface area contributed by atoms with Crippen molar-refractivity contribution < 1.29 is 4.39 Å². The molecule has 6 rings (SSSR count). The fourth-order valence-corrected chi connectivity index (χ4v) is 5.67. The van der Waals surface area contributed by atoms with Gasteiger partial charge in [-0.3, -0.25) is 14.3 Å². The van der Waals surface area contributed by atoms with Gasteiger partial charge in [0.25, 0.3) is 0 Å². The van der Waals surface area contributed by atoms with Crippen LogP contribution in [0.4, 0.5) is 10.2 Å². The number of likely N-dealkylation sites (N-methyl/N-ethyl adjacent to an activating group) is 1. The third kappa shape index (κ3) is 4.73. The molecule has 186 valence electrons. The van der Waals surface area contributed by atoms with Gasteiger partial charge in [0.05, 0.1) is 17.4 Å². The fraction of sp³-hybridized carbons (Fsp3) is 0.379. The molecule has 2 aliphatic rings. The summed E-state index contributed by atoms with van der Waals surface area (Å²) in [6.45, 7) is 5.60. The number of piperazine rings is 1. The smallest absolute Gasteiger partial charge is 0.138 e. The average Bonchev–Trinajstić information content (AvgIpc) is 3.32. The first-order valence-corrected chi connectivity index (χ1v) is 13.0. The Kier molecular flexibility index (Phi) is 6.42. The SMILES string of the molecule is CN1CCN(c2cccc3nc(CN(Cc4ccc(F)cc4)[C@H]4CCCc5cccnc54)cn23)CC1. The maximum absolute atomic E-state index is 13.6. The van der Waals surface area contributed by atoms with Gasteiger partial charge in [0, 0.05) is 51.7 Å². The monoisotopic (exact) mass is 484 g/mol. The van der Waals surface area contributed by atoms with Crippen molar-refractivity contribution in [3.8, 4) is 0 Å². The largest absolute Gasteiger partial charge is 0.355 e. The summed E-state index contributed by atoms with van der Waals surface area (Å²) in [6, 6.07) is 17.7. The molecule has 36 heavy (non-hydrogen) atoms. The lowest BCUT2D eigenvalue weighted by molar-refractivity contribution is 0.155. The predicted octanol–water partition coefficient (Wildman–Crippen LogP) is 4.70. The van der Waals surface area contributed by atoms with Crippen LogP contribution in [-0.2, 0) is 19.5 Å². The Morgan fingerprint density at radius 1 is 0.972 bits per heavy atom. The highest BCUT2D eigenvalue weighted by atomic mass is 19.1. The number of pyridine rings is 2. The van der Waals surface area contributed by atoms with Crippen molar-refractivity contribution in [1.82, 2.24) is 24.2 Å². The molecule has 0 unspecified atom stereocenters. The molecule has 0 bridgehead atoms. The van der Waals surface area contributed by atoms with Crippen molar-refractivity contribution in [1.29, 1.82) is 0 Å². The van der Waals surface area contributed by atoms with E-state index in [1.54, 1.807) is 12.1 Å². The van der Waals surface area contributed by atoms with E-state index >= 15 is 0 Å². The molecule has 1 fully saturated rings. The van der Waals surface area contributed by atoms with Gasteiger partial charge in [-0.25, -0.2) is 9.37 Å². The molecule has 4 aromatic rings. The topological polar surface area (TPSA) is 39.9 Å². The highest BCUT2D eigenvalue weighted by molar-refractivity contribution is 5.53. The van der Waals surface area contributed by atoms with Crippen molar-refractivity contribution in [2.75, 3.05) is 38.1 Å². The quantitative estimate of drug-likeness (QED) is 0.397. The maximum Gasteiger partial charge on any atom is 0.138 e. The van der Waals surface area contributed by atoms with Crippen LogP contribution in [0.15, 0.2) is 67.0 Å². The lowest BCUT2D eigenvalue weighted by Gasteiger charge is -2.35. The standard InChI is InChI=1S/C29H33FN6/c1-33-15-17-34(18-16-33)28-9-3-8-27-32-25(21-36(27)28)20-35(19-22-10-12-24(30)13-11-22)26-7-2-5-23-6-4-14-31-29(23)26/h3-4,6,8-14,21,26H,2,5,7,15-20H2,1H3/t26-/m0/s1. The molecular weight excluding hydrogens is 451 g/mol. The molecule has 1 saturated heterocycles. The average molecular weight is 485 g/mol. The first-order chi connectivity index (χ1) is 17.6. The van der Waals surface area contributed by atoms with E-state index in [0.717, 1.165) is 68.9 Å². The highest BCUT2D eigenvalue weighted by Gasteiger charge is 2.28. The van der Waals surface area contributed by atoms with Gasteiger partial charge in [-0.05, 0) is 67.8 Å². The zero-order valence-electron chi connectivity index (χ0n) is 20.9. The summed E-state index contributed by atoms with van der Waals surface area (Å²) in [5.41, 5.74) is 5.63.